The zero-order chi connectivity index (χ0) is 35.6. The van der Waals surface area contributed by atoms with E-state index >= 15 is 0 Å². The number of pyridine rings is 1. The summed E-state index contributed by atoms with van der Waals surface area (Å²) in [4.78, 5) is 20.4. The van der Waals surface area contributed by atoms with Gasteiger partial charge in [0.2, 0.25) is 0 Å². The van der Waals surface area contributed by atoms with Gasteiger partial charge in [0.25, 0.3) is 0 Å². The third-order valence-corrected chi connectivity index (χ3v) is 10.7. The molecule has 54 heavy (non-hydrogen) atoms. The van der Waals surface area contributed by atoms with Crippen LogP contribution in [0.3, 0.4) is 0 Å². The van der Waals surface area contributed by atoms with Crippen molar-refractivity contribution in [1.29, 1.82) is 0 Å². The molecule has 11 rings (SSSR count). The van der Waals surface area contributed by atoms with Gasteiger partial charge >= 0.3 is 0 Å². The summed E-state index contributed by atoms with van der Waals surface area (Å²) in [5.74, 6) is 1.78. The van der Waals surface area contributed by atoms with Crippen molar-refractivity contribution in [3.63, 3.8) is 0 Å². The molecular formula is C46H27N7S. The molecule has 0 saturated carbocycles. The molecule has 11 aromatic rings. The van der Waals surface area contributed by atoms with Crippen LogP contribution < -0.4 is 0 Å². The lowest BCUT2D eigenvalue weighted by molar-refractivity contribution is 1.07. The molecule has 0 bridgehead atoms. The lowest BCUT2D eigenvalue weighted by atomic mass is 9.98. The second-order valence-corrected chi connectivity index (χ2v) is 13.8. The predicted octanol–water partition coefficient (Wildman–Crippen LogP) is 11.3. The highest BCUT2D eigenvalue weighted by Gasteiger charge is 2.18. The maximum atomic E-state index is 5.27. The maximum Gasteiger partial charge on any atom is 0.164 e. The minimum atomic E-state index is 0.573. The van der Waals surface area contributed by atoms with Gasteiger partial charge in [0.05, 0.1) is 34.0 Å². The van der Waals surface area contributed by atoms with Crippen LogP contribution in [0.5, 0.6) is 0 Å². The summed E-state index contributed by atoms with van der Waals surface area (Å²) in [7, 11) is 0. The molecule has 0 aliphatic rings. The zero-order valence-electron chi connectivity index (χ0n) is 28.6. The predicted molar refractivity (Wildman–Crippen MR) is 220 cm³/mol. The van der Waals surface area contributed by atoms with Crippen LogP contribution >= 0.6 is 11.7 Å². The molecule has 0 fully saturated rings. The molecular weight excluding hydrogens is 683 g/mol. The Kier molecular flexibility index (Phi) is 6.90. The van der Waals surface area contributed by atoms with Gasteiger partial charge in [-0.1, -0.05) is 109 Å². The molecule has 0 amide bonds. The topological polar surface area (TPSA) is 82.3 Å². The monoisotopic (exact) mass is 709 g/mol. The number of hydrogen-bond acceptors (Lipinski definition) is 7. The van der Waals surface area contributed by atoms with Crippen LogP contribution in [0.1, 0.15) is 0 Å². The summed E-state index contributed by atoms with van der Waals surface area (Å²) in [5.41, 5.74) is 10.6. The minimum absolute atomic E-state index is 0.573. The summed E-state index contributed by atoms with van der Waals surface area (Å²) in [6.45, 7) is 0. The summed E-state index contributed by atoms with van der Waals surface area (Å²) in [6, 6.07) is 56.3. The number of aromatic nitrogens is 7. The van der Waals surface area contributed by atoms with Gasteiger partial charge in [-0.3, -0.25) is 0 Å². The van der Waals surface area contributed by atoms with Gasteiger partial charge in [-0.15, -0.1) is 0 Å². The molecule has 8 heteroatoms. The second kappa shape index (κ2) is 12.2. The second-order valence-electron chi connectivity index (χ2n) is 13.3. The first-order chi connectivity index (χ1) is 26.8. The molecule has 0 spiro atoms. The molecule has 4 aromatic heterocycles. The van der Waals surface area contributed by atoms with E-state index in [0.29, 0.717) is 17.5 Å². The van der Waals surface area contributed by atoms with E-state index in [1.807, 2.05) is 54.6 Å². The molecule has 0 atom stereocenters. The molecule has 7 nitrogen and oxygen atoms in total. The van der Waals surface area contributed by atoms with Crippen molar-refractivity contribution in [3.05, 3.63) is 164 Å². The highest BCUT2D eigenvalue weighted by Crippen LogP contribution is 2.38. The number of hydrogen-bond donors (Lipinski definition) is 0. The number of para-hydroxylation sites is 2. The fourth-order valence-corrected chi connectivity index (χ4v) is 8.15. The van der Waals surface area contributed by atoms with Crippen LogP contribution in [-0.2, 0) is 0 Å². The van der Waals surface area contributed by atoms with Crippen LogP contribution in [0.25, 0.3) is 106 Å². The van der Waals surface area contributed by atoms with Gasteiger partial charge in [0.15, 0.2) is 17.5 Å². The fraction of sp³-hybridized carbons (Fsp3) is 0. The van der Waals surface area contributed by atoms with Crippen molar-refractivity contribution in [2.45, 2.75) is 0 Å². The first-order valence-electron chi connectivity index (χ1n) is 17.7. The average Bonchev–Trinajstić information content (AvgIpc) is 3.87. The molecule has 0 unspecified atom stereocenters. The largest absolute Gasteiger partial charge is 0.309 e. The molecule has 0 radical (unpaired) electrons. The SMILES string of the molecule is c1ccc(-c2nc(-c3ccc(-n4c5ccccc5c5ccccc54)cc3)nc(-c3ccc4c(c3)nc(-c3ccccc3)c3ccc5nsnc5c34)n2)cc1. The molecule has 0 aliphatic heterocycles. The molecule has 4 heterocycles. The first kappa shape index (κ1) is 30.5. The molecule has 0 aliphatic carbocycles. The number of benzene rings is 7. The number of rotatable bonds is 5. The number of fused-ring (bicyclic) bond motifs is 8. The number of nitrogens with zero attached hydrogens (tertiary/aromatic N) is 7. The van der Waals surface area contributed by atoms with Crippen molar-refractivity contribution in [1.82, 2.24) is 33.3 Å². The highest BCUT2D eigenvalue weighted by atomic mass is 32.1. The molecule has 7 aromatic carbocycles. The molecule has 0 N–H and O–H groups in total. The zero-order valence-corrected chi connectivity index (χ0v) is 29.4. The van der Waals surface area contributed by atoms with E-state index in [-0.39, 0.29) is 0 Å². The van der Waals surface area contributed by atoms with E-state index in [1.165, 1.54) is 33.5 Å². The van der Waals surface area contributed by atoms with E-state index < -0.39 is 0 Å². The van der Waals surface area contributed by atoms with Crippen LogP contribution in [0.15, 0.2) is 164 Å². The van der Waals surface area contributed by atoms with Crippen LogP contribution in [0.4, 0.5) is 0 Å². The van der Waals surface area contributed by atoms with Crippen LogP contribution in [0, 0.1) is 0 Å². The Bertz CT molecular complexity index is 3160. The minimum Gasteiger partial charge on any atom is -0.309 e. The van der Waals surface area contributed by atoms with Crippen molar-refractivity contribution < 1.29 is 0 Å². The van der Waals surface area contributed by atoms with E-state index in [9.17, 15) is 0 Å². The molecule has 0 saturated heterocycles. The van der Waals surface area contributed by atoms with Crippen molar-refractivity contribution in [2.24, 2.45) is 0 Å². The van der Waals surface area contributed by atoms with Crippen molar-refractivity contribution >= 4 is 66.2 Å². The standard InChI is InChI=1S/C46H27N7S/c1-3-11-28(12-4-1)42-36-25-26-37-43(52-54-51-37)41(36)35-24-21-31(27-38(35)47-42)46-49-44(29-13-5-2-6-14-29)48-45(50-46)30-19-22-32(23-20-30)53-39-17-9-7-15-33(39)34-16-8-10-18-40(34)53/h1-27H. The van der Waals surface area contributed by atoms with Crippen LogP contribution in [0.2, 0.25) is 0 Å². The van der Waals surface area contributed by atoms with Gasteiger partial charge in [0, 0.05) is 54.9 Å². The average molecular weight is 710 g/mol. The van der Waals surface area contributed by atoms with E-state index in [1.54, 1.807) is 0 Å². The normalized spacial score (nSPS) is 11.7. The van der Waals surface area contributed by atoms with E-state index in [0.717, 1.165) is 66.3 Å². The summed E-state index contributed by atoms with van der Waals surface area (Å²) < 4.78 is 11.6. The van der Waals surface area contributed by atoms with Gasteiger partial charge in [-0.25, -0.2) is 19.9 Å². The van der Waals surface area contributed by atoms with Crippen LogP contribution in [-0.4, -0.2) is 33.3 Å². The first-order valence-corrected chi connectivity index (χ1v) is 18.4. The van der Waals surface area contributed by atoms with E-state index in [2.05, 4.69) is 118 Å². The smallest absolute Gasteiger partial charge is 0.164 e. The third-order valence-electron chi connectivity index (χ3n) is 10.1. The molecule has 252 valence electrons. The lowest BCUT2D eigenvalue weighted by Gasteiger charge is -2.13. The summed E-state index contributed by atoms with van der Waals surface area (Å²) in [5, 5.41) is 5.55. The quantitative estimate of drug-likeness (QED) is 0.165. The highest BCUT2D eigenvalue weighted by molar-refractivity contribution is 7.00. The lowest BCUT2D eigenvalue weighted by Crippen LogP contribution is -2.01. The van der Waals surface area contributed by atoms with E-state index in [4.69, 9.17) is 24.3 Å². The Morgan fingerprint density at radius 1 is 0.389 bits per heavy atom. The van der Waals surface area contributed by atoms with Gasteiger partial charge in [-0.2, -0.15) is 8.75 Å². The van der Waals surface area contributed by atoms with Gasteiger partial charge in [-0.05, 0) is 54.6 Å². The van der Waals surface area contributed by atoms with Gasteiger partial charge in [0.1, 0.15) is 11.0 Å². The Morgan fingerprint density at radius 3 is 1.63 bits per heavy atom. The maximum absolute atomic E-state index is 5.27. The Balaban J connectivity index is 1.08. The van der Waals surface area contributed by atoms with Gasteiger partial charge < -0.3 is 4.57 Å². The summed E-state index contributed by atoms with van der Waals surface area (Å²) in [6.07, 6.45) is 0. The Hall–Kier alpha value is -7.16. The Morgan fingerprint density at radius 2 is 0.944 bits per heavy atom. The third kappa shape index (κ3) is 4.88. The van der Waals surface area contributed by atoms with Crippen molar-refractivity contribution in [2.75, 3.05) is 0 Å². The van der Waals surface area contributed by atoms with Crippen molar-refractivity contribution in [3.8, 4) is 51.1 Å². The Labute approximate surface area is 313 Å². The summed E-state index contributed by atoms with van der Waals surface area (Å²) >= 11 is 1.23. The fourth-order valence-electron chi connectivity index (χ4n) is 7.60.